The molecule has 2 amide bonds. The first kappa shape index (κ1) is 18.3. The average molecular weight is 344 g/mol. The minimum Gasteiger partial charge on any atom is -0.396 e. The van der Waals surface area contributed by atoms with E-state index in [-0.39, 0.29) is 24.3 Å². The van der Waals surface area contributed by atoms with Crippen molar-refractivity contribution in [3.05, 3.63) is 29.8 Å². The lowest BCUT2D eigenvalue weighted by atomic mass is 9.86. The average Bonchev–Trinajstić information content (AvgIpc) is 2.55. The third-order valence-corrected chi connectivity index (χ3v) is 4.09. The highest BCUT2D eigenvalue weighted by molar-refractivity contribution is 6.39. The first-order valence-corrected chi connectivity index (χ1v) is 7.69. The van der Waals surface area contributed by atoms with E-state index in [0.29, 0.717) is 12.8 Å². The predicted octanol–water partition coefficient (Wildman–Crippen LogP) is 2.31. The second-order valence-electron chi connectivity index (χ2n) is 5.91. The summed E-state index contributed by atoms with van der Waals surface area (Å²) < 4.78 is 37.9. The molecule has 1 fully saturated rings. The van der Waals surface area contributed by atoms with E-state index >= 15 is 0 Å². The van der Waals surface area contributed by atoms with Crippen LogP contribution in [0, 0.1) is 5.92 Å². The summed E-state index contributed by atoms with van der Waals surface area (Å²) in [5.41, 5.74) is -0.989. The van der Waals surface area contributed by atoms with Gasteiger partial charge >= 0.3 is 18.0 Å². The molecule has 1 aliphatic rings. The van der Waals surface area contributed by atoms with Crippen molar-refractivity contribution in [1.29, 1.82) is 0 Å². The van der Waals surface area contributed by atoms with Crippen LogP contribution in [-0.4, -0.2) is 29.6 Å². The number of aliphatic hydroxyl groups is 1. The summed E-state index contributed by atoms with van der Waals surface area (Å²) in [4.78, 5) is 23.7. The molecule has 1 aromatic rings. The fourth-order valence-electron chi connectivity index (χ4n) is 2.70. The van der Waals surface area contributed by atoms with E-state index in [0.717, 1.165) is 31.0 Å². The van der Waals surface area contributed by atoms with Crippen LogP contribution in [-0.2, 0) is 15.8 Å². The van der Waals surface area contributed by atoms with Crippen LogP contribution < -0.4 is 10.6 Å². The molecular weight excluding hydrogens is 325 g/mol. The summed E-state index contributed by atoms with van der Waals surface area (Å²) in [6, 6.07) is 3.94. The van der Waals surface area contributed by atoms with Gasteiger partial charge in [-0.3, -0.25) is 9.59 Å². The summed E-state index contributed by atoms with van der Waals surface area (Å²) in [7, 11) is 0. The van der Waals surface area contributed by atoms with Crippen LogP contribution in [0.25, 0.3) is 0 Å². The molecular formula is C16H19F3N2O3. The van der Waals surface area contributed by atoms with Gasteiger partial charge in [0.1, 0.15) is 0 Å². The van der Waals surface area contributed by atoms with Crippen LogP contribution in [0.15, 0.2) is 24.3 Å². The monoisotopic (exact) mass is 344 g/mol. The molecule has 5 nitrogen and oxygen atoms in total. The predicted molar refractivity (Wildman–Crippen MR) is 81.0 cm³/mol. The molecule has 0 saturated heterocycles. The number of anilines is 1. The fourth-order valence-corrected chi connectivity index (χ4v) is 2.70. The number of aliphatic hydroxyl groups excluding tert-OH is 1. The number of carbonyl (C=O) groups is 2. The van der Waals surface area contributed by atoms with Crippen LogP contribution in [0.1, 0.15) is 31.2 Å². The highest BCUT2D eigenvalue weighted by Crippen LogP contribution is 2.30. The van der Waals surface area contributed by atoms with Crippen molar-refractivity contribution in [2.24, 2.45) is 5.92 Å². The van der Waals surface area contributed by atoms with Gasteiger partial charge in [-0.15, -0.1) is 0 Å². The zero-order valence-electron chi connectivity index (χ0n) is 12.9. The van der Waals surface area contributed by atoms with E-state index in [2.05, 4.69) is 10.6 Å². The molecule has 132 valence electrons. The summed E-state index contributed by atoms with van der Waals surface area (Å²) in [5, 5.41) is 13.8. The first-order chi connectivity index (χ1) is 11.3. The highest BCUT2D eigenvalue weighted by Gasteiger charge is 2.31. The number of amides is 2. The smallest absolute Gasteiger partial charge is 0.396 e. The molecule has 0 spiro atoms. The molecule has 1 saturated carbocycles. The molecule has 0 bridgehead atoms. The Morgan fingerprint density at radius 3 is 2.38 bits per heavy atom. The van der Waals surface area contributed by atoms with Gasteiger partial charge in [-0.05, 0) is 49.8 Å². The maximum atomic E-state index is 12.6. The number of rotatable bonds is 3. The minimum absolute atomic E-state index is 0.0889. The van der Waals surface area contributed by atoms with E-state index in [1.54, 1.807) is 0 Å². The molecule has 24 heavy (non-hydrogen) atoms. The van der Waals surface area contributed by atoms with Crippen molar-refractivity contribution in [2.75, 3.05) is 11.9 Å². The maximum absolute atomic E-state index is 12.6. The molecule has 0 atom stereocenters. The summed E-state index contributed by atoms with van der Waals surface area (Å²) in [5.74, 6) is -1.66. The van der Waals surface area contributed by atoms with E-state index in [9.17, 15) is 22.8 Å². The van der Waals surface area contributed by atoms with Crippen LogP contribution in [0.5, 0.6) is 0 Å². The number of carbonyl (C=O) groups excluding carboxylic acids is 2. The Bertz CT molecular complexity index is 596. The Morgan fingerprint density at radius 2 is 1.79 bits per heavy atom. The van der Waals surface area contributed by atoms with Gasteiger partial charge in [-0.2, -0.15) is 13.2 Å². The van der Waals surface area contributed by atoms with Gasteiger partial charge < -0.3 is 15.7 Å². The Kier molecular flexibility index (Phi) is 5.82. The Balaban J connectivity index is 1.89. The lowest BCUT2D eigenvalue weighted by Crippen LogP contribution is -2.43. The van der Waals surface area contributed by atoms with Crippen molar-refractivity contribution in [2.45, 2.75) is 37.9 Å². The van der Waals surface area contributed by atoms with E-state index in [1.807, 2.05) is 0 Å². The molecule has 0 unspecified atom stereocenters. The molecule has 0 aromatic heterocycles. The number of nitrogens with one attached hydrogen (secondary N) is 2. The molecule has 1 aromatic carbocycles. The lowest BCUT2D eigenvalue weighted by molar-refractivity contribution is -0.137. The molecule has 3 N–H and O–H groups in total. The van der Waals surface area contributed by atoms with Gasteiger partial charge in [0.25, 0.3) is 0 Å². The molecule has 0 heterocycles. The topological polar surface area (TPSA) is 78.4 Å². The number of alkyl halides is 3. The van der Waals surface area contributed by atoms with Gasteiger partial charge in [0, 0.05) is 18.3 Å². The number of benzene rings is 1. The van der Waals surface area contributed by atoms with E-state index in [4.69, 9.17) is 5.11 Å². The van der Waals surface area contributed by atoms with Crippen LogP contribution in [0.4, 0.5) is 18.9 Å². The molecule has 1 aliphatic carbocycles. The van der Waals surface area contributed by atoms with Crippen LogP contribution in [0.2, 0.25) is 0 Å². The van der Waals surface area contributed by atoms with Crippen molar-refractivity contribution in [1.82, 2.24) is 5.32 Å². The second-order valence-corrected chi connectivity index (χ2v) is 5.91. The van der Waals surface area contributed by atoms with Crippen molar-refractivity contribution in [3.63, 3.8) is 0 Å². The van der Waals surface area contributed by atoms with Gasteiger partial charge in [0.2, 0.25) is 0 Å². The van der Waals surface area contributed by atoms with Gasteiger partial charge in [0.05, 0.1) is 5.56 Å². The first-order valence-electron chi connectivity index (χ1n) is 7.69. The normalized spacial score (nSPS) is 21.2. The Labute approximate surface area is 137 Å². The zero-order valence-corrected chi connectivity index (χ0v) is 12.9. The number of hydrogen-bond donors (Lipinski definition) is 3. The fraction of sp³-hybridized carbons (Fsp3) is 0.500. The van der Waals surface area contributed by atoms with Crippen LogP contribution >= 0.6 is 0 Å². The third kappa shape index (κ3) is 4.95. The summed E-state index contributed by atoms with van der Waals surface area (Å²) in [6.07, 6.45) is -1.68. The van der Waals surface area contributed by atoms with Crippen molar-refractivity contribution in [3.8, 4) is 0 Å². The molecule has 0 aliphatic heterocycles. The largest absolute Gasteiger partial charge is 0.416 e. The van der Waals surface area contributed by atoms with Gasteiger partial charge in [0.15, 0.2) is 0 Å². The van der Waals surface area contributed by atoms with Crippen molar-refractivity contribution < 1.29 is 27.9 Å². The highest BCUT2D eigenvalue weighted by atomic mass is 19.4. The summed E-state index contributed by atoms with van der Waals surface area (Å²) in [6.45, 7) is 0.108. The summed E-state index contributed by atoms with van der Waals surface area (Å²) >= 11 is 0. The van der Waals surface area contributed by atoms with E-state index < -0.39 is 23.6 Å². The lowest BCUT2D eigenvalue weighted by Gasteiger charge is -2.27. The molecule has 0 radical (unpaired) electrons. The standard InChI is InChI=1S/C16H19F3N2O3/c17-16(18,19)11-2-1-3-13(8-11)21-15(24)14(23)20-12-6-4-10(9-22)5-7-12/h1-3,8,10,12,22H,4-7,9H2,(H,20,23)(H,21,24). The zero-order chi connectivity index (χ0) is 17.7. The van der Waals surface area contributed by atoms with Crippen molar-refractivity contribution >= 4 is 17.5 Å². The molecule has 2 rings (SSSR count). The minimum atomic E-state index is -4.52. The number of halogens is 3. The Hall–Kier alpha value is -2.09. The quantitative estimate of drug-likeness (QED) is 0.737. The second kappa shape index (κ2) is 7.65. The molecule has 8 heteroatoms. The van der Waals surface area contributed by atoms with Gasteiger partial charge in [-0.25, -0.2) is 0 Å². The third-order valence-electron chi connectivity index (χ3n) is 4.09. The SMILES string of the molecule is O=C(Nc1cccc(C(F)(F)F)c1)C(=O)NC1CCC(CO)CC1. The Morgan fingerprint density at radius 1 is 1.12 bits per heavy atom. The van der Waals surface area contributed by atoms with Gasteiger partial charge in [-0.1, -0.05) is 6.07 Å². The van der Waals surface area contributed by atoms with E-state index in [1.165, 1.54) is 6.07 Å². The maximum Gasteiger partial charge on any atom is 0.416 e. The number of hydrogen-bond acceptors (Lipinski definition) is 3. The van der Waals surface area contributed by atoms with Crippen LogP contribution in [0.3, 0.4) is 0 Å².